The molecule has 1 heterocycles. The molecule has 1 amide bonds. The molecule has 0 bridgehead atoms. The van der Waals surface area contributed by atoms with E-state index in [1.54, 1.807) is 0 Å². The lowest BCUT2D eigenvalue weighted by Crippen LogP contribution is -2.32. The number of hydrogen-bond donors (Lipinski definition) is 1. The molecule has 0 aliphatic rings. The molecule has 0 aliphatic carbocycles. The van der Waals surface area contributed by atoms with Gasteiger partial charge in [-0.25, -0.2) is 8.42 Å². The molecule has 0 saturated carbocycles. The van der Waals surface area contributed by atoms with Gasteiger partial charge in [-0.2, -0.15) is 0 Å². The van der Waals surface area contributed by atoms with Crippen LogP contribution in [0.2, 0.25) is 5.15 Å². The number of nitrogens with one attached hydrogen (secondary N) is 1. The van der Waals surface area contributed by atoms with Crippen molar-refractivity contribution in [2.24, 2.45) is 0 Å². The molecule has 8 heteroatoms. The summed E-state index contributed by atoms with van der Waals surface area (Å²) in [5, 5.41) is 8.46. The maximum Gasteiger partial charge on any atom is 0.243 e. The van der Waals surface area contributed by atoms with Gasteiger partial charge in [0.05, 0.1) is 0 Å². The van der Waals surface area contributed by atoms with E-state index in [9.17, 15) is 13.2 Å². The fraction of sp³-hybridized carbons (Fsp3) is 0.375. The number of anilines is 1. The Hall–Kier alpha value is -1.21. The SMILES string of the molecule is CC(C(=O)Nc1ccc(Cl)nn1)S(C)(=O)=O. The smallest absolute Gasteiger partial charge is 0.243 e. The molecule has 1 N–H and O–H groups in total. The number of rotatable bonds is 3. The van der Waals surface area contributed by atoms with Gasteiger partial charge in [0, 0.05) is 6.26 Å². The Morgan fingerprint density at radius 1 is 1.44 bits per heavy atom. The largest absolute Gasteiger partial charge is 0.308 e. The van der Waals surface area contributed by atoms with Crippen LogP contribution in [0.1, 0.15) is 6.92 Å². The van der Waals surface area contributed by atoms with Crippen molar-refractivity contribution in [3.8, 4) is 0 Å². The van der Waals surface area contributed by atoms with Gasteiger partial charge in [0.25, 0.3) is 0 Å². The minimum atomic E-state index is -3.42. The molecule has 88 valence electrons. The highest BCUT2D eigenvalue weighted by Crippen LogP contribution is 2.08. The molecule has 1 aromatic heterocycles. The summed E-state index contributed by atoms with van der Waals surface area (Å²) in [6, 6.07) is 2.87. The molecule has 0 radical (unpaired) electrons. The van der Waals surface area contributed by atoms with Crippen LogP contribution in [0.5, 0.6) is 0 Å². The van der Waals surface area contributed by atoms with Crippen LogP contribution in [-0.4, -0.2) is 36.0 Å². The number of halogens is 1. The number of amides is 1. The average Bonchev–Trinajstić information content (AvgIpc) is 2.19. The van der Waals surface area contributed by atoms with Gasteiger partial charge >= 0.3 is 0 Å². The Labute approximate surface area is 97.9 Å². The zero-order valence-electron chi connectivity index (χ0n) is 8.64. The fourth-order valence-corrected chi connectivity index (χ4v) is 1.35. The first-order chi connectivity index (χ1) is 7.30. The van der Waals surface area contributed by atoms with E-state index in [4.69, 9.17) is 11.6 Å². The monoisotopic (exact) mass is 263 g/mol. The summed E-state index contributed by atoms with van der Waals surface area (Å²) in [4.78, 5) is 11.5. The van der Waals surface area contributed by atoms with E-state index in [-0.39, 0.29) is 11.0 Å². The first kappa shape index (κ1) is 12.9. The zero-order valence-corrected chi connectivity index (χ0v) is 10.2. The van der Waals surface area contributed by atoms with Gasteiger partial charge < -0.3 is 5.32 Å². The van der Waals surface area contributed by atoms with E-state index in [2.05, 4.69) is 15.5 Å². The summed E-state index contributed by atoms with van der Waals surface area (Å²) in [5.74, 6) is -0.496. The quantitative estimate of drug-likeness (QED) is 0.858. The van der Waals surface area contributed by atoms with Gasteiger partial charge in [-0.05, 0) is 19.1 Å². The number of nitrogens with zero attached hydrogens (tertiary/aromatic N) is 2. The summed E-state index contributed by atoms with van der Waals surface area (Å²) in [6.07, 6.45) is 0.991. The summed E-state index contributed by atoms with van der Waals surface area (Å²) >= 11 is 5.50. The number of sulfone groups is 1. The Bertz CT molecular complexity index is 486. The number of carbonyl (C=O) groups is 1. The van der Waals surface area contributed by atoms with Crippen LogP contribution >= 0.6 is 11.6 Å². The fourth-order valence-electron chi connectivity index (χ4n) is 0.805. The molecular formula is C8H10ClN3O3S. The second-order valence-corrected chi connectivity index (χ2v) is 5.96. The van der Waals surface area contributed by atoms with Crippen LogP contribution in [0.4, 0.5) is 5.82 Å². The Balaban J connectivity index is 2.76. The molecule has 0 aromatic carbocycles. The van der Waals surface area contributed by atoms with Crippen molar-refractivity contribution in [1.29, 1.82) is 0 Å². The third kappa shape index (κ3) is 3.42. The second-order valence-electron chi connectivity index (χ2n) is 3.20. The van der Waals surface area contributed by atoms with Crippen molar-refractivity contribution >= 4 is 33.2 Å². The third-order valence-electron chi connectivity index (χ3n) is 1.89. The van der Waals surface area contributed by atoms with Crippen molar-refractivity contribution < 1.29 is 13.2 Å². The summed E-state index contributed by atoms with van der Waals surface area (Å²) < 4.78 is 22.2. The van der Waals surface area contributed by atoms with Gasteiger partial charge in [0.2, 0.25) is 5.91 Å². The molecule has 0 aliphatic heterocycles. The Morgan fingerprint density at radius 3 is 2.50 bits per heavy atom. The van der Waals surface area contributed by atoms with E-state index < -0.39 is 21.0 Å². The highest BCUT2D eigenvalue weighted by molar-refractivity contribution is 7.92. The van der Waals surface area contributed by atoms with Gasteiger partial charge in [0.15, 0.2) is 20.8 Å². The van der Waals surface area contributed by atoms with Crippen LogP contribution in [-0.2, 0) is 14.6 Å². The first-order valence-electron chi connectivity index (χ1n) is 4.29. The molecule has 1 atom stereocenters. The molecule has 0 saturated heterocycles. The zero-order chi connectivity index (χ0) is 12.3. The number of carbonyl (C=O) groups excluding carboxylic acids is 1. The molecule has 1 aromatic rings. The minimum absolute atomic E-state index is 0.157. The normalized spacial score (nSPS) is 13.2. The van der Waals surface area contributed by atoms with Crippen molar-refractivity contribution in [3.05, 3.63) is 17.3 Å². The van der Waals surface area contributed by atoms with Crippen LogP contribution in [0.15, 0.2) is 12.1 Å². The van der Waals surface area contributed by atoms with E-state index in [1.807, 2.05) is 0 Å². The predicted molar refractivity (Wildman–Crippen MR) is 60.0 cm³/mol. The molecule has 1 rings (SSSR count). The van der Waals surface area contributed by atoms with Gasteiger partial charge in [-0.1, -0.05) is 11.6 Å². The van der Waals surface area contributed by atoms with Gasteiger partial charge in [-0.3, -0.25) is 4.79 Å². The highest BCUT2D eigenvalue weighted by atomic mass is 35.5. The molecule has 0 fully saturated rings. The lowest BCUT2D eigenvalue weighted by Gasteiger charge is -2.08. The highest BCUT2D eigenvalue weighted by Gasteiger charge is 2.23. The standard InChI is InChI=1S/C8H10ClN3O3S/c1-5(16(2,14)15)8(13)10-7-4-3-6(9)11-12-7/h3-5H,1-2H3,(H,10,12,13). The van der Waals surface area contributed by atoms with Crippen LogP contribution in [0.3, 0.4) is 0 Å². The average molecular weight is 264 g/mol. The second kappa shape index (κ2) is 4.75. The molecule has 1 unspecified atom stereocenters. The van der Waals surface area contributed by atoms with Crippen molar-refractivity contribution in [3.63, 3.8) is 0 Å². The van der Waals surface area contributed by atoms with E-state index in [0.29, 0.717) is 0 Å². The van der Waals surface area contributed by atoms with Crippen LogP contribution < -0.4 is 5.32 Å². The van der Waals surface area contributed by atoms with Crippen molar-refractivity contribution in [2.45, 2.75) is 12.2 Å². The van der Waals surface area contributed by atoms with Crippen LogP contribution in [0.25, 0.3) is 0 Å². The van der Waals surface area contributed by atoms with Gasteiger partial charge in [-0.15, -0.1) is 10.2 Å². The van der Waals surface area contributed by atoms with E-state index in [0.717, 1.165) is 6.26 Å². The summed E-state index contributed by atoms with van der Waals surface area (Å²) in [6.45, 7) is 1.30. The maximum absolute atomic E-state index is 11.5. The molecular weight excluding hydrogens is 254 g/mol. The lowest BCUT2D eigenvalue weighted by molar-refractivity contribution is -0.115. The van der Waals surface area contributed by atoms with E-state index >= 15 is 0 Å². The molecule has 16 heavy (non-hydrogen) atoms. The summed E-state index contributed by atoms with van der Waals surface area (Å²) in [5.41, 5.74) is 0. The number of aromatic nitrogens is 2. The van der Waals surface area contributed by atoms with E-state index in [1.165, 1.54) is 19.1 Å². The molecule has 0 spiro atoms. The van der Waals surface area contributed by atoms with Crippen LogP contribution in [0, 0.1) is 0 Å². The third-order valence-corrected chi connectivity index (χ3v) is 3.59. The Kier molecular flexibility index (Phi) is 3.82. The minimum Gasteiger partial charge on any atom is -0.308 e. The first-order valence-corrected chi connectivity index (χ1v) is 6.63. The maximum atomic E-state index is 11.5. The lowest BCUT2D eigenvalue weighted by atomic mass is 10.4. The van der Waals surface area contributed by atoms with Gasteiger partial charge in [0.1, 0.15) is 5.25 Å². The summed E-state index contributed by atoms with van der Waals surface area (Å²) in [7, 11) is -3.42. The van der Waals surface area contributed by atoms with Crippen molar-refractivity contribution in [1.82, 2.24) is 10.2 Å². The molecule has 6 nitrogen and oxygen atoms in total. The Morgan fingerprint density at radius 2 is 2.06 bits per heavy atom. The topological polar surface area (TPSA) is 89.0 Å². The number of hydrogen-bond acceptors (Lipinski definition) is 5. The predicted octanol–water partition coefficient (Wildman–Crippen LogP) is 0.502. The van der Waals surface area contributed by atoms with Crippen molar-refractivity contribution in [2.75, 3.05) is 11.6 Å².